The lowest BCUT2D eigenvalue weighted by Gasteiger charge is -2.18. The number of nitrogens with one attached hydrogen (secondary N) is 3. The third-order valence-corrected chi connectivity index (χ3v) is 6.53. The van der Waals surface area contributed by atoms with Crippen molar-refractivity contribution in [3.05, 3.63) is 81.8 Å². The number of amides is 3. The van der Waals surface area contributed by atoms with Gasteiger partial charge in [0.2, 0.25) is 11.8 Å². The summed E-state index contributed by atoms with van der Waals surface area (Å²) in [6.07, 6.45) is 0.0771. The molecule has 4 rings (SSSR count). The molecule has 0 aliphatic carbocycles. The molecule has 1 aliphatic rings. The van der Waals surface area contributed by atoms with Crippen molar-refractivity contribution in [1.82, 2.24) is 5.43 Å². The van der Waals surface area contributed by atoms with Crippen LogP contribution in [0.5, 0.6) is 5.75 Å². The van der Waals surface area contributed by atoms with E-state index in [4.69, 9.17) is 27.9 Å². The van der Waals surface area contributed by atoms with E-state index in [0.717, 1.165) is 11.1 Å². The van der Waals surface area contributed by atoms with Crippen LogP contribution in [0.1, 0.15) is 17.5 Å². The van der Waals surface area contributed by atoms with Gasteiger partial charge in [0.05, 0.1) is 11.6 Å². The summed E-state index contributed by atoms with van der Waals surface area (Å²) < 4.78 is 5.68. The van der Waals surface area contributed by atoms with Crippen molar-refractivity contribution in [2.45, 2.75) is 20.3 Å². The molecule has 8 nitrogen and oxygen atoms in total. The minimum absolute atomic E-state index is 0.0771. The molecule has 0 saturated carbocycles. The van der Waals surface area contributed by atoms with E-state index in [1.54, 1.807) is 47.4 Å². The molecule has 3 N–H and O–H groups in total. The minimum atomic E-state index is -0.553. The lowest BCUT2D eigenvalue weighted by molar-refractivity contribution is -0.125. The third kappa shape index (κ3) is 6.72. The fourth-order valence-corrected chi connectivity index (χ4v) is 4.17. The van der Waals surface area contributed by atoms with Crippen LogP contribution in [0, 0.1) is 19.8 Å². The largest absolute Gasteiger partial charge is 0.482 e. The highest BCUT2D eigenvalue weighted by atomic mass is 35.5. The first-order chi connectivity index (χ1) is 17.7. The maximum Gasteiger partial charge on any atom is 0.262 e. The summed E-state index contributed by atoms with van der Waals surface area (Å²) in [5.74, 6) is -1.07. The summed E-state index contributed by atoms with van der Waals surface area (Å²) in [4.78, 5) is 39.2. The average Bonchev–Trinajstić information content (AvgIpc) is 3.26. The Morgan fingerprint density at radius 2 is 1.70 bits per heavy atom. The van der Waals surface area contributed by atoms with Crippen molar-refractivity contribution >= 4 is 58.0 Å². The van der Waals surface area contributed by atoms with Crippen molar-refractivity contribution in [3.8, 4) is 5.75 Å². The Balaban J connectivity index is 1.34. The number of carbonyl (C=O) groups is 3. The van der Waals surface area contributed by atoms with Gasteiger partial charge in [-0.05, 0) is 79.6 Å². The molecular weight excluding hydrogens is 515 g/mol. The maximum absolute atomic E-state index is 12.8. The number of hydrazine groups is 1. The number of hydrogen-bond acceptors (Lipinski definition) is 5. The number of benzene rings is 3. The maximum atomic E-state index is 12.8. The molecule has 37 heavy (non-hydrogen) atoms. The number of aryl methyl sites for hydroxylation is 2. The molecule has 3 aromatic carbocycles. The van der Waals surface area contributed by atoms with Gasteiger partial charge in [0, 0.05) is 34.4 Å². The van der Waals surface area contributed by atoms with E-state index in [0.29, 0.717) is 32.9 Å². The van der Waals surface area contributed by atoms with Crippen molar-refractivity contribution < 1.29 is 19.1 Å². The molecule has 1 atom stereocenters. The van der Waals surface area contributed by atoms with E-state index in [9.17, 15) is 14.4 Å². The zero-order chi connectivity index (χ0) is 26.5. The van der Waals surface area contributed by atoms with Crippen molar-refractivity contribution in [3.63, 3.8) is 0 Å². The zero-order valence-corrected chi connectivity index (χ0v) is 21.8. The molecule has 0 bridgehead atoms. The summed E-state index contributed by atoms with van der Waals surface area (Å²) in [6, 6.07) is 17.3. The van der Waals surface area contributed by atoms with Gasteiger partial charge >= 0.3 is 0 Å². The molecule has 192 valence electrons. The summed E-state index contributed by atoms with van der Waals surface area (Å²) >= 11 is 12.1. The van der Waals surface area contributed by atoms with Gasteiger partial charge in [0.15, 0.2) is 6.61 Å². The highest BCUT2D eigenvalue weighted by Crippen LogP contribution is 2.29. The van der Waals surface area contributed by atoms with Crippen LogP contribution in [0.4, 0.5) is 17.1 Å². The molecule has 1 heterocycles. The highest BCUT2D eigenvalue weighted by molar-refractivity contribution is 6.31. The highest BCUT2D eigenvalue weighted by Gasteiger charge is 2.35. The van der Waals surface area contributed by atoms with Gasteiger partial charge in [-0.15, -0.1) is 0 Å². The first-order valence-corrected chi connectivity index (χ1v) is 12.4. The summed E-state index contributed by atoms with van der Waals surface area (Å²) in [5.41, 5.74) is 9.36. The molecule has 1 saturated heterocycles. The quantitative estimate of drug-likeness (QED) is 0.344. The monoisotopic (exact) mass is 540 g/mol. The summed E-state index contributed by atoms with van der Waals surface area (Å²) in [7, 11) is 0. The van der Waals surface area contributed by atoms with E-state index in [-0.39, 0.29) is 37.3 Å². The molecule has 0 radical (unpaired) electrons. The number of carbonyl (C=O) groups excluding carboxylic acids is 3. The van der Waals surface area contributed by atoms with Gasteiger partial charge in [-0.1, -0.05) is 29.3 Å². The fraction of sp³-hybridized carbons (Fsp3) is 0.222. The van der Waals surface area contributed by atoms with Crippen molar-refractivity contribution in [2.75, 3.05) is 28.8 Å². The normalized spacial score (nSPS) is 14.9. The van der Waals surface area contributed by atoms with Crippen LogP contribution in [0.3, 0.4) is 0 Å². The van der Waals surface area contributed by atoms with Gasteiger partial charge < -0.3 is 15.0 Å². The second kappa shape index (κ2) is 11.5. The minimum Gasteiger partial charge on any atom is -0.482 e. The number of halogens is 2. The zero-order valence-electron chi connectivity index (χ0n) is 20.3. The average molecular weight is 541 g/mol. The summed E-state index contributed by atoms with van der Waals surface area (Å²) in [6.45, 7) is 3.96. The predicted molar refractivity (Wildman–Crippen MR) is 145 cm³/mol. The van der Waals surface area contributed by atoms with E-state index in [1.165, 1.54) is 0 Å². The van der Waals surface area contributed by atoms with Gasteiger partial charge in [0.1, 0.15) is 5.75 Å². The lowest BCUT2D eigenvalue weighted by Crippen LogP contribution is -2.36. The molecule has 10 heteroatoms. The molecule has 1 fully saturated rings. The van der Waals surface area contributed by atoms with E-state index in [1.807, 2.05) is 32.0 Å². The molecule has 1 aliphatic heterocycles. The van der Waals surface area contributed by atoms with Gasteiger partial charge in [-0.3, -0.25) is 25.2 Å². The van der Waals surface area contributed by atoms with Gasteiger partial charge in [-0.2, -0.15) is 0 Å². The third-order valence-electron chi connectivity index (χ3n) is 6.05. The molecule has 0 spiro atoms. The van der Waals surface area contributed by atoms with Gasteiger partial charge in [0.25, 0.3) is 5.91 Å². The number of anilines is 3. The number of nitrogens with zero attached hydrogens (tertiary/aromatic N) is 1. The molecule has 0 aromatic heterocycles. The molecular formula is C27H26Cl2N4O4. The number of rotatable bonds is 8. The van der Waals surface area contributed by atoms with Crippen LogP contribution >= 0.6 is 23.2 Å². The fourth-order valence-electron chi connectivity index (χ4n) is 3.87. The van der Waals surface area contributed by atoms with Crippen LogP contribution in [0.25, 0.3) is 0 Å². The lowest BCUT2D eigenvalue weighted by atomic mass is 10.1. The Kier molecular flexibility index (Phi) is 8.21. The molecule has 3 amide bonds. The van der Waals surface area contributed by atoms with Crippen molar-refractivity contribution in [2.24, 2.45) is 5.92 Å². The van der Waals surface area contributed by atoms with E-state index >= 15 is 0 Å². The second-order valence-electron chi connectivity index (χ2n) is 8.77. The Morgan fingerprint density at radius 3 is 2.43 bits per heavy atom. The first kappa shape index (κ1) is 26.3. The SMILES string of the molecule is Cc1ccc(NC(=O)COc2ccc(Cl)cc2NNC(=O)[C@H]2CC(=O)N(c3ccc(Cl)cc3)C2)cc1C. The second-order valence-corrected chi connectivity index (χ2v) is 9.65. The van der Waals surface area contributed by atoms with E-state index in [2.05, 4.69) is 16.2 Å². The summed E-state index contributed by atoms with van der Waals surface area (Å²) in [5, 5.41) is 3.78. The van der Waals surface area contributed by atoms with Crippen LogP contribution in [-0.4, -0.2) is 30.9 Å². The Labute approximate surface area is 224 Å². The topological polar surface area (TPSA) is 99.8 Å². The standard InChI is InChI=1S/C27H26Cl2N4O4/c1-16-3-7-21(11-17(16)2)30-25(34)15-37-24-10-6-20(29)13-23(24)31-32-27(36)18-12-26(35)33(14-18)22-8-4-19(28)5-9-22/h3-11,13,18,31H,12,14-15H2,1-2H3,(H,30,34)(H,32,36)/t18-/m0/s1. The Bertz CT molecular complexity index is 1330. The number of ether oxygens (including phenoxy) is 1. The smallest absolute Gasteiger partial charge is 0.262 e. The predicted octanol–water partition coefficient (Wildman–Crippen LogP) is 5.12. The van der Waals surface area contributed by atoms with Gasteiger partial charge in [-0.25, -0.2) is 0 Å². The van der Waals surface area contributed by atoms with Crippen LogP contribution < -0.4 is 25.8 Å². The van der Waals surface area contributed by atoms with Crippen LogP contribution in [-0.2, 0) is 14.4 Å². The molecule has 0 unspecified atom stereocenters. The Hall–Kier alpha value is -3.75. The number of hydrogen-bond donors (Lipinski definition) is 3. The first-order valence-electron chi connectivity index (χ1n) is 11.6. The molecule has 3 aromatic rings. The van der Waals surface area contributed by atoms with Crippen LogP contribution in [0.2, 0.25) is 10.0 Å². The van der Waals surface area contributed by atoms with Crippen LogP contribution in [0.15, 0.2) is 60.7 Å². The Morgan fingerprint density at radius 1 is 0.973 bits per heavy atom. The van der Waals surface area contributed by atoms with Crippen molar-refractivity contribution in [1.29, 1.82) is 0 Å². The van der Waals surface area contributed by atoms with E-state index < -0.39 is 5.92 Å².